The van der Waals surface area contributed by atoms with Crippen molar-refractivity contribution in [3.05, 3.63) is 0 Å². The lowest BCUT2D eigenvalue weighted by atomic mass is 9.87. The average Bonchev–Trinajstić information content (AvgIpc) is 2.80. The molecule has 2 rings (SSSR count). The van der Waals surface area contributed by atoms with Crippen LogP contribution < -0.4 is 10.6 Å². The van der Waals surface area contributed by atoms with Crippen LogP contribution in [-0.4, -0.2) is 36.7 Å². The summed E-state index contributed by atoms with van der Waals surface area (Å²) >= 11 is 0. The highest BCUT2D eigenvalue weighted by Crippen LogP contribution is 2.27. The average molecular weight is 254 g/mol. The Morgan fingerprint density at radius 3 is 2.61 bits per heavy atom. The Labute approximate surface area is 110 Å². The van der Waals surface area contributed by atoms with Crippen LogP contribution in [0.1, 0.15) is 52.4 Å². The lowest BCUT2D eigenvalue weighted by molar-refractivity contribution is -0.130. The van der Waals surface area contributed by atoms with Gasteiger partial charge in [0, 0.05) is 18.8 Å². The second-order valence-electron chi connectivity index (χ2n) is 5.99. The zero-order valence-electron chi connectivity index (χ0n) is 11.7. The summed E-state index contributed by atoms with van der Waals surface area (Å²) in [5.74, 6) is 0.200. The maximum Gasteiger partial charge on any atom is 0.240 e. The van der Waals surface area contributed by atoms with Crippen molar-refractivity contribution >= 4 is 5.91 Å². The number of hydrogen-bond donors (Lipinski definition) is 2. The molecule has 0 saturated carbocycles. The molecule has 1 amide bonds. The molecule has 0 bridgehead atoms. The molecule has 0 aromatic carbocycles. The molecular weight excluding hydrogens is 228 g/mol. The smallest absolute Gasteiger partial charge is 0.240 e. The Bertz CT molecular complexity index is 292. The second-order valence-corrected chi connectivity index (χ2v) is 5.99. The molecule has 2 aliphatic heterocycles. The third kappa shape index (κ3) is 2.86. The predicted molar refractivity (Wildman–Crippen MR) is 71.5 cm³/mol. The fourth-order valence-electron chi connectivity index (χ4n) is 3.09. The maximum absolute atomic E-state index is 12.6. The van der Waals surface area contributed by atoms with Gasteiger partial charge in [-0.1, -0.05) is 13.3 Å². The lowest BCUT2D eigenvalue weighted by Gasteiger charge is -2.38. The van der Waals surface area contributed by atoms with E-state index in [4.69, 9.17) is 4.74 Å². The fourth-order valence-corrected chi connectivity index (χ4v) is 3.09. The predicted octanol–water partition coefficient (Wildman–Crippen LogP) is 1.59. The molecular formula is C14H26N2O2. The van der Waals surface area contributed by atoms with Crippen LogP contribution >= 0.6 is 0 Å². The zero-order valence-corrected chi connectivity index (χ0v) is 11.7. The van der Waals surface area contributed by atoms with Crippen LogP contribution in [0.25, 0.3) is 0 Å². The molecule has 1 atom stereocenters. The Kier molecular flexibility index (Phi) is 4.28. The van der Waals surface area contributed by atoms with E-state index in [-0.39, 0.29) is 17.0 Å². The van der Waals surface area contributed by atoms with Crippen molar-refractivity contribution in [3.63, 3.8) is 0 Å². The van der Waals surface area contributed by atoms with Crippen molar-refractivity contribution in [2.75, 3.05) is 19.8 Å². The summed E-state index contributed by atoms with van der Waals surface area (Å²) in [6.45, 7) is 6.76. The summed E-state index contributed by atoms with van der Waals surface area (Å²) in [5, 5.41) is 6.72. The van der Waals surface area contributed by atoms with Crippen LogP contribution in [0.4, 0.5) is 0 Å². The first-order chi connectivity index (χ1) is 8.60. The third-order valence-electron chi connectivity index (χ3n) is 4.37. The van der Waals surface area contributed by atoms with Gasteiger partial charge in [-0.05, 0) is 45.6 Å². The summed E-state index contributed by atoms with van der Waals surface area (Å²) in [6.07, 6.45) is 5.89. The van der Waals surface area contributed by atoms with Gasteiger partial charge in [0.25, 0.3) is 0 Å². The van der Waals surface area contributed by atoms with Crippen molar-refractivity contribution in [2.45, 2.75) is 63.5 Å². The van der Waals surface area contributed by atoms with E-state index in [0.29, 0.717) is 0 Å². The summed E-state index contributed by atoms with van der Waals surface area (Å²) in [4.78, 5) is 12.6. The van der Waals surface area contributed by atoms with Crippen LogP contribution in [-0.2, 0) is 9.53 Å². The van der Waals surface area contributed by atoms with Gasteiger partial charge < -0.3 is 15.4 Å². The molecule has 4 nitrogen and oxygen atoms in total. The molecule has 2 saturated heterocycles. The third-order valence-corrected chi connectivity index (χ3v) is 4.37. The minimum absolute atomic E-state index is 0.0830. The van der Waals surface area contributed by atoms with Crippen LogP contribution in [0.2, 0.25) is 0 Å². The van der Waals surface area contributed by atoms with Crippen molar-refractivity contribution in [1.82, 2.24) is 10.6 Å². The molecule has 2 aliphatic rings. The van der Waals surface area contributed by atoms with Gasteiger partial charge in [0.05, 0.1) is 5.54 Å². The summed E-state index contributed by atoms with van der Waals surface area (Å²) in [6, 6.07) is 0. The van der Waals surface area contributed by atoms with Gasteiger partial charge >= 0.3 is 0 Å². The Hall–Kier alpha value is -0.610. The number of carbonyl (C=O) groups excluding carboxylic acids is 1. The van der Waals surface area contributed by atoms with E-state index in [2.05, 4.69) is 24.5 Å². The Balaban J connectivity index is 2.00. The van der Waals surface area contributed by atoms with Crippen LogP contribution in [0.15, 0.2) is 0 Å². The van der Waals surface area contributed by atoms with E-state index in [1.165, 1.54) is 0 Å². The van der Waals surface area contributed by atoms with E-state index < -0.39 is 0 Å². The number of hydrogen-bond acceptors (Lipinski definition) is 3. The highest BCUT2D eigenvalue weighted by molar-refractivity contribution is 5.87. The Morgan fingerprint density at radius 2 is 2.06 bits per heavy atom. The standard InChI is InChI=1S/C14H26N2O2/c1-3-5-14(6-4-9-15-14)12(17)16-13(2)7-10-18-11-8-13/h15H,3-11H2,1-2H3,(H,16,17). The lowest BCUT2D eigenvalue weighted by Crippen LogP contribution is -2.60. The van der Waals surface area contributed by atoms with Gasteiger partial charge in [0.2, 0.25) is 5.91 Å². The molecule has 1 unspecified atom stereocenters. The molecule has 2 heterocycles. The van der Waals surface area contributed by atoms with Gasteiger partial charge in [0.15, 0.2) is 0 Å². The van der Waals surface area contributed by atoms with Crippen molar-refractivity contribution in [1.29, 1.82) is 0 Å². The van der Waals surface area contributed by atoms with E-state index in [1.807, 2.05) is 0 Å². The minimum atomic E-state index is -0.309. The number of amides is 1. The van der Waals surface area contributed by atoms with Crippen molar-refractivity contribution in [2.24, 2.45) is 0 Å². The molecule has 0 spiro atoms. The number of nitrogens with one attached hydrogen (secondary N) is 2. The van der Waals surface area contributed by atoms with E-state index in [0.717, 1.165) is 58.3 Å². The molecule has 2 N–H and O–H groups in total. The van der Waals surface area contributed by atoms with Gasteiger partial charge in [-0.15, -0.1) is 0 Å². The van der Waals surface area contributed by atoms with E-state index >= 15 is 0 Å². The highest BCUT2D eigenvalue weighted by Gasteiger charge is 2.42. The molecule has 0 aromatic heterocycles. The maximum atomic E-state index is 12.6. The second kappa shape index (κ2) is 5.57. The molecule has 4 heteroatoms. The minimum Gasteiger partial charge on any atom is -0.381 e. The highest BCUT2D eigenvalue weighted by atomic mass is 16.5. The number of rotatable bonds is 4. The number of carbonyl (C=O) groups is 1. The summed E-state index contributed by atoms with van der Waals surface area (Å²) in [5.41, 5.74) is -0.392. The van der Waals surface area contributed by atoms with Gasteiger partial charge in [0.1, 0.15) is 0 Å². The zero-order chi connectivity index (χ0) is 13.1. The normalized spacial score (nSPS) is 31.2. The van der Waals surface area contributed by atoms with Gasteiger partial charge in [-0.2, -0.15) is 0 Å². The van der Waals surface area contributed by atoms with Gasteiger partial charge in [-0.25, -0.2) is 0 Å². The fraction of sp³-hybridized carbons (Fsp3) is 0.929. The molecule has 104 valence electrons. The molecule has 18 heavy (non-hydrogen) atoms. The SMILES string of the molecule is CCCC1(C(=O)NC2(C)CCOCC2)CCCN1. The first kappa shape index (κ1) is 13.8. The first-order valence-corrected chi connectivity index (χ1v) is 7.26. The first-order valence-electron chi connectivity index (χ1n) is 7.26. The molecule has 0 aliphatic carbocycles. The topological polar surface area (TPSA) is 50.4 Å². The van der Waals surface area contributed by atoms with Crippen LogP contribution in [0, 0.1) is 0 Å². The quantitative estimate of drug-likeness (QED) is 0.801. The largest absolute Gasteiger partial charge is 0.381 e. The Morgan fingerprint density at radius 1 is 1.33 bits per heavy atom. The number of ether oxygens (including phenoxy) is 1. The summed E-state index contributed by atoms with van der Waals surface area (Å²) in [7, 11) is 0. The molecule has 2 fully saturated rings. The van der Waals surface area contributed by atoms with Gasteiger partial charge in [-0.3, -0.25) is 4.79 Å². The van der Waals surface area contributed by atoms with Crippen molar-refractivity contribution < 1.29 is 9.53 Å². The van der Waals surface area contributed by atoms with Crippen LogP contribution in [0.5, 0.6) is 0 Å². The monoisotopic (exact) mass is 254 g/mol. The van der Waals surface area contributed by atoms with Crippen molar-refractivity contribution in [3.8, 4) is 0 Å². The summed E-state index contributed by atoms with van der Waals surface area (Å²) < 4.78 is 5.38. The molecule has 0 radical (unpaired) electrons. The van der Waals surface area contributed by atoms with E-state index in [1.54, 1.807) is 0 Å². The van der Waals surface area contributed by atoms with E-state index in [9.17, 15) is 4.79 Å². The molecule has 0 aromatic rings. The van der Waals surface area contributed by atoms with Crippen LogP contribution in [0.3, 0.4) is 0 Å².